The number of hydrogen-bond donors (Lipinski definition) is 1. The van der Waals surface area contributed by atoms with Gasteiger partial charge in [0.05, 0.1) is 24.1 Å². The van der Waals surface area contributed by atoms with Crippen molar-refractivity contribution >= 4 is 11.4 Å². The van der Waals surface area contributed by atoms with Crippen LogP contribution >= 0.6 is 0 Å². The van der Waals surface area contributed by atoms with Gasteiger partial charge in [-0.2, -0.15) is 10.2 Å². The Bertz CT molecular complexity index is 696. The molecule has 2 aromatic carbocycles. The summed E-state index contributed by atoms with van der Waals surface area (Å²) in [5.41, 5.74) is 3.04. The SMILES string of the molecule is CCCCc1ccc(N=Nc2ccc(OCCCCCC(O)CCC)cc2)cc1. The van der Waals surface area contributed by atoms with Gasteiger partial charge in [-0.05, 0) is 80.5 Å². The third kappa shape index (κ3) is 9.71. The zero-order valence-electron chi connectivity index (χ0n) is 18.0. The van der Waals surface area contributed by atoms with E-state index in [1.165, 1.54) is 18.4 Å². The molecule has 0 amide bonds. The van der Waals surface area contributed by atoms with Crippen LogP contribution in [0.1, 0.15) is 70.8 Å². The first-order valence-corrected chi connectivity index (χ1v) is 11.1. The Labute approximate surface area is 176 Å². The van der Waals surface area contributed by atoms with E-state index in [1.54, 1.807) is 0 Å². The van der Waals surface area contributed by atoms with Crippen molar-refractivity contribution in [3.63, 3.8) is 0 Å². The highest BCUT2D eigenvalue weighted by Crippen LogP contribution is 2.22. The Morgan fingerprint density at radius 3 is 2.03 bits per heavy atom. The van der Waals surface area contributed by atoms with Crippen LogP contribution in [0.4, 0.5) is 11.4 Å². The molecule has 0 saturated heterocycles. The van der Waals surface area contributed by atoms with Crippen LogP contribution < -0.4 is 4.74 Å². The lowest BCUT2D eigenvalue weighted by Gasteiger charge is -2.09. The second kappa shape index (κ2) is 13.9. The highest BCUT2D eigenvalue weighted by atomic mass is 16.5. The molecule has 158 valence electrons. The molecule has 0 spiro atoms. The van der Waals surface area contributed by atoms with Crippen LogP contribution in [0, 0.1) is 0 Å². The molecule has 29 heavy (non-hydrogen) atoms. The van der Waals surface area contributed by atoms with E-state index in [4.69, 9.17) is 4.74 Å². The number of azo groups is 1. The van der Waals surface area contributed by atoms with Gasteiger partial charge in [0.1, 0.15) is 5.75 Å². The first-order valence-electron chi connectivity index (χ1n) is 11.1. The normalized spacial score (nSPS) is 12.4. The van der Waals surface area contributed by atoms with E-state index in [1.807, 2.05) is 36.4 Å². The fraction of sp³-hybridized carbons (Fsp3) is 0.520. The zero-order valence-corrected chi connectivity index (χ0v) is 18.0. The van der Waals surface area contributed by atoms with Gasteiger partial charge >= 0.3 is 0 Å². The number of rotatable bonds is 14. The van der Waals surface area contributed by atoms with Gasteiger partial charge in [-0.3, -0.25) is 0 Å². The Hall–Kier alpha value is -2.20. The fourth-order valence-electron chi connectivity index (χ4n) is 3.16. The molecule has 0 aliphatic rings. The molecular formula is C25H36N2O2. The van der Waals surface area contributed by atoms with E-state index in [9.17, 15) is 5.11 Å². The number of hydrogen-bond acceptors (Lipinski definition) is 4. The first-order chi connectivity index (χ1) is 14.2. The molecule has 1 N–H and O–H groups in total. The predicted molar refractivity (Wildman–Crippen MR) is 121 cm³/mol. The number of benzene rings is 2. The molecule has 4 heteroatoms. The lowest BCUT2D eigenvalue weighted by molar-refractivity contribution is 0.149. The van der Waals surface area contributed by atoms with Crippen molar-refractivity contribution < 1.29 is 9.84 Å². The summed E-state index contributed by atoms with van der Waals surface area (Å²) < 4.78 is 5.79. The van der Waals surface area contributed by atoms with Gasteiger partial charge in [0, 0.05) is 0 Å². The standard InChI is InChI=1S/C25H36N2O2/c1-3-5-10-21-12-14-22(15-13-21)26-27-23-16-18-25(19-17-23)29-20-8-6-7-11-24(28)9-4-2/h12-19,24,28H,3-11,20H2,1-2H3. The maximum Gasteiger partial charge on any atom is 0.119 e. The van der Waals surface area contributed by atoms with Crippen LogP contribution in [-0.2, 0) is 6.42 Å². The molecule has 0 saturated carbocycles. The van der Waals surface area contributed by atoms with E-state index < -0.39 is 0 Å². The van der Waals surface area contributed by atoms with Crippen molar-refractivity contribution in [2.75, 3.05) is 6.61 Å². The monoisotopic (exact) mass is 396 g/mol. The topological polar surface area (TPSA) is 54.2 Å². The second-order valence-electron chi connectivity index (χ2n) is 7.60. The largest absolute Gasteiger partial charge is 0.494 e. The van der Waals surface area contributed by atoms with Crippen molar-refractivity contribution in [3.05, 3.63) is 54.1 Å². The summed E-state index contributed by atoms with van der Waals surface area (Å²) in [5.74, 6) is 0.857. The van der Waals surface area contributed by atoms with Crippen molar-refractivity contribution in [2.45, 2.75) is 77.7 Å². The minimum absolute atomic E-state index is 0.137. The molecule has 1 atom stereocenters. The molecule has 0 bridgehead atoms. The smallest absolute Gasteiger partial charge is 0.119 e. The maximum atomic E-state index is 9.72. The lowest BCUT2D eigenvalue weighted by atomic mass is 10.1. The Morgan fingerprint density at radius 1 is 0.759 bits per heavy atom. The van der Waals surface area contributed by atoms with Gasteiger partial charge in [-0.15, -0.1) is 0 Å². The molecule has 4 nitrogen and oxygen atoms in total. The molecule has 2 aromatic rings. The number of nitrogens with zero attached hydrogens (tertiary/aromatic N) is 2. The van der Waals surface area contributed by atoms with E-state index >= 15 is 0 Å². The average Bonchev–Trinajstić information content (AvgIpc) is 2.75. The summed E-state index contributed by atoms with van der Waals surface area (Å²) in [6.07, 6.45) is 9.42. The van der Waals surface area contributed by atoms with Gasteiger partial charge in [0.2, 0.25) is 0 Å². The van der Waals surface area contributed by atoms with Gasteiger partial charge in [0.25, 0.3) is 0 Å². The Morgan fingerprint density at radius 2 is 1.41 bits per heavy atom. The number of ether oxygens (including phenoxy) is 1. The van der Waals surface area contributed by atoms with Gasteiger partial charge in [-0.1, -0.05) is 45.2 Å². The van der Waals surface area contributed by atoms with Gasteiger partial charge in [0.15, 0.2) is 0 Å². The van der Waals surface area contributed by atoms with Crippen LogP contribution in [0.25, 0.3) is 0 Å². The maximum absolute atomic E-state index is 9.72. The predicted octanol–water partition coefficient (Wildman–Crippen LogP) is 7.54. The second-order valence-corrected chi connectivity index (χ2v) is 7.60. The number of aryl methyl sites for hydroxylation is 1. The van der Waals surface area contributed by atoms with E-state index in [2.05, 4.69) is 36.2 Å². The van der Waals surface area contributed by atoms with Crippen LogP contribution in [0.5, 0.6) is 5.75 Å². The third-order valence-corrected chi connectivity index (χ3v) is 4.95. The molecule has 0 radical (unpaired) electrons. The van der Waals surface area contributed by atoms with Crippen LogP contribution in [-0.4, -0.2) is 17.8 Å². The van der Waals surface area contributed by atoms with Crippen LogP contribution in [0.15, 0.2) is 58.8 Å². The summed E-state index contributed by atoms with van der Waals surface area (Å²) in [7, 11) is 0. The quantitative estimate of drug-likeness (QED) is 0.265. The fourth-order valence-corrected chi connectivity index (χ4v) is 3.16. The minimum Gasteiger partial charge on any atom is -0.494 e. The third-order valence-electron chi connectivity index (χ3n) is 4.95. The van der Waals surface area contributed by atoms with Crippen molar-refractivity contribution in [1.29, 1.82) is 0 Å². The summed E-state index contributed by atoms with van der Waals surface area (Å²) in [4.78, 5) is 0. The lowest BCUT2D eigenvalue weighted by Crippen LogP contribution is -2.05. The minimum atomic E-state index is -0.137. The molecule has 0 fully saturated rings. The van der Waals surface area contributed by atoms with Crippen LogP contribution in [0.3, 0.4) is 0 Å². The van der Waals surface area contributed by atoms with E-state index in [-0.39, 0.29) is 6.10 Å². The van der Waals surface area contributed by atoms with Gasteiger partial charge < -0.3 is 9.84 Å². The first kappa shape index (κ1) is 23.1. The summed E-state index contributed by atoms with van der Waals surface area (Å²) in [6, 6.07) is 16.0. The summed E-state index contributed by atoms with van der Waals surface area (Å²) in [6.45, 7) is 5.02. The molecule has 0 aliphatic carbocycles. The molecule has 0 aliphatic heterocycles. The van der Waals surface area contributed by atoms with Crippen molar-refractivity contribution in [2.24, 2.45) is 10.2 Å². The molecule has 2 rings (SSSR count). The van der Waals surface area contributed by atoms with Crippen LogP contribution in [0.2, 0.25) is 0 Å². The van der Waals surface area contributed by atoms with E-state index in [0.717, 1.165) is 62.1 Å². The highest BCUT2D eigenvalue weighted by Gasteiger charge is 2.02. The Balaban J connectivity index is 1.68. The molecule has 0 aromatic heterocycles. The summed E-state index contributed by atoms with van der Waals surface area (Å²) >= 11 is 0. The van der Waals surface area contributed by atoms with Gasteiger partial charge in [-0.25, -0.2) is 0 Å². The number of unbranched alkanes of at least 4 members (excludes halogenated alkanes) is 3. The summed E-state index contributed by atoms with van der Waals surface area (Å²) in [5, 5.41) is 18.3. The number of aliphatic hydroxyl groups excluding tert-OH is 1. The van der Waals surface area contributed by atoms with Crippen molar-refractivity contribution in [1.82, 2.24) is 0 Å². The van der Waals surface area contributed by atoms with Crippen molar-refractivity contribution in [3.8, 4) is 5.75 Å². The molecular weight excluding hydrogens is 360 g/mol. The highest BCUT2D eigenvalue weighted by molar-refractivity contribution is 5.43. The average molecular weight is 397 g/mol. The zero-order chi connectivity index (χ0) is 20.7. The number of aliphatic hydroxyl groups is 1. The molecule has 0 heterocycles. The molecule has 1 unspecified atom stereocenters. The van der Waals surface area contributed by atoms with E-state index in [0.29, 0.717) is 6.61 Å². The Kier molecular flexibility index (Phi) is 11.1.